The van der Waals surface area contributed by atoms with E-state index in [1.807, 2.05) is 38.6 Å². The minimum atomic E-state index is -0.568. The van der Waals surface area contributed by atoms with Gasteiger partial charge < -0.3 is 15.0 Å². The molecule has 6 heteroatoms. The van der Waals surface area contributed by atoms with Crippen molar-refractivity contribution in [3.8, 4) is 0 Å². The summed E-state index contributed by atoms with van der Waals surface area (Å²) in [5, 5.41) is 0. The van der Waals surface area contributed by atoms with Crippen LogP contribution in [0.4, 0.5) is 0 Å². The van der Waals surface area contributed by atoms with Gasteiger partial charge in [0.15, 0.2) is 0 Å². The second kappa shape index (κ2) is 7.15. The van der Waals surface area contributed by atoms with E-state index in [2.05, 4.69) is 20.4 Å². The minimum Gasteiger partial charge on any atom is -0.389 e. The summed E-state index contributed by atoms with van der Waals surface area (Å²) >= 11 is 0. The third kappa shape index (κ3) is 4.34. The van der Waals surface area contributed by atoms with E-state index in [1.54, 1.807) is 0 Å². The fourth-order valence-corrected chi connectivity index (χ4v) is 2.46. The number of hydrogen-bond acceptors (Lipinski definition) is 4. The molecule has 1 heterocycles. The molecule has 1 fully saturated rings. The molecule has 1 aliphatic rings. The third-order valence-electron chi connectivity index (χ3n) is 4.53. The summed E-state index contributed by atoms with van der Waals surface area (Å²) in [6, 6.07) is -0.408. The molecule has 1 atom stereocenters. The van der Waals surface area contributed by atoms with Crippen LogP contribution in [-0.4, -0.2) is 41.8 Å². The summed E-state index contributed by atoms with van der Waals surface area (Å²) in [7, 11) is -0.568. The fraction of sp³-hybridized carbons (Fsp3) is 0.812. The van der Waals surface area contributed by atoms with Gasteiger partial charge in [-0.2, -0.15) is 0 Å². The van der Waals surface area contributed by atoms with Crippen molar-refractivity contribution in [3.05, 3.63) is 12.7 Å². The summed E-state index contributed by atoms with van der Waals surface area (Å²) < 4.78 is 12.2. The number of rotatable bonds is 8. The molecule has 0 aliphatic carbocycles. The summed E-state index contributed by atoms with van der Waals surface area (Å²) in [5.74, 6) is 0.0126. The van der Waals surface area contributed by atoms with Crippen LogP contribution in [0.1, 0.15) is 54.4 Å². The van der Waals surface area contributed by atoms with E-state index < -0.39 is 24.5 Å². The first-order valence-corrected chi connectivity index (χ1v) is 8.03. The average Bonchev–Trinajstić information content (AvgIpc) is 2.56. The standard InChI is InChI=1S/C16H31BN2O3/c1-8-9-10-19(13(14(18)20)11-12(2)3)17-21-15(4,5)16(6,7)22-17/h8,12-13H,1,9-11H2,2-7H3,(H2,18,20)/t13-/m0/s1. The lowest BCUT2D eigenvalue weighted by atomic mass is 9.90. The van der Waals surface area contributed by atoms with Crippen LogP contribution in [-0.2, 0) is 14.1 Å². The SMILES string of the molecule is C=CCCN(B1OC(C)(C)C(C)(C)O1)[C@@H](CC(C)C)C(N)=O. The van der Waals surface area contributed by atoms with Crippen molar-refractivity contribution in [3.63, 3.8) is 0 Å². The van der Waals surface area contributed by atoms with Crippen molar-refractivity contribution < 1.29 is 14.1 Å². The first-order chi connectivity index (χ1) is 10.0. The van der Waals surface area contributed by atoms with Gasteiger partial charge in [0.2, 0.25) is 5.91 Å². The van der Waals surface area contributed by atoms with E-state index in [0.29, 0.717) is 18.9 Å². The first-order valence-electron chi connectivity index (χ1n) is 8.03. The van der Waals surface area contributed by atoms with E-state index in [-0.39, 0.29) is 5.91 Å². The zero-order valence-corrected chi connectivity index (χ0v) is 14.9. The number of nitrogens with zero attached hydrogens (tertiary/aromatic N) is 1. The van der Waals surface area contributed by atoms with Crippen molar-refractivity contribution in [1.82, 2.24) is 4.81 Å². The van der Waals surface area contributed by atoms with Crippen molar-refractivity contribution in [2.75, 3.05) is 6.54 Å². The van der Waals surface area contributed by atoms with Gasteiger partial charge in [-0.05, 0) is 53.0 Å². The van der Waals surface area contributed by atoms with E-state index in [4.69, 9.17) is 15.0 Å². The van der Waals surface area contributed by atoms with Crippen LogP contribution >= 0.6 is 0 Å². The van der Waals surface area contributed by atoms with Crippen LogP contribution in [0.25, 0.3) is 0 Å². The van der Waals surface area contributed by atoms with E-state index in [0.717, 1.165) is 6.42 Å². The molecule has 0 radical (unpaired) electrons. The van der Waals surface area contributed by atoms with Crippen molar-refractivity contribution in [2.24, 2.45) is 11.7 Å². The summed E-state index contributed by atoms with van der Waals surface area (Å²) in [4.78, 5) is 13.9. The number of amides is 1. The molecular formula is C16H31BN2O3. The van der Waals surface area contributed by atoms with Gasteiger partial charge in [-0.3, -0.25) is 9.61 Å². The molecule has 1 amide bonds. The van der Waals surface area contributed by atoms with Crippen LogP contribution in [0.3, 0.4) is 0 Å². The van der Waals surface area contributed by atoms with Crippen LogP contribution in [0.2, 0.25) is 0 Å². The number of primary amides is 1. The molecule has 1 aliphatic heterocycles. The predicted molar refractivity (Wildman–Crippen MR) is 90.0 cm³/mol. The Bertz CT molecular complexity index is 394. The summed E-state index contributed by atoms with van der Waals surface area (Å²) in [6.45, 7) is 16.5. The van der Waals surface area contributed by atoms with Crippen LogP contribution in [0.15, 0.2) is 12.7 Å². The average molecular weight is 310 g/mol. The highest BCUT2D eigenvalue weighted by molar-refractivity contribution is 6.42. The normalized spacial score (nSPS) is 21.4. The molecule has 0 unspecified atom stereocenters. The van der Waals surface area contributed by atoms with Gasteiger partial charge in [0.1, 0.15) is 0 Å². The topological polar surface area (TPSA) is 64.8 Å². The summed E-state index contributed by atoms with van der Waals surface area (Å²) in [5.41, 5.74) is 4.76. The van der Waals surface area contributed by atoms with Crippen LogP contribution in [0, 0.1) is 5.92 Å². The Balaban J connectivity index is 3.02. The molecule has 5 nitrogen and oxygen atoms in total. The molecule has 0 aromatic rings. The smallest absolute Gasteiger partial charge is 0.389 e. The highest BCUT2D eigenvalue weighted by Gasteiger charge is 2.55. The molecule has 0 spiro atoms. The second-order valence-corrected chi connectivity index (χ2v) is 7.43. The Kier molecular flexibility index (Phi) is 6.24. The molecular weight excluding hydrogens is 279 g/mol. The Morgan fingerprint density at radius 2 is 1.77 bits per heavy atom. The van der Waals surface area contributed by atoms with Gasteiger partial charge in [-0.1, -0.05) is 19.9 Å². The molecule has 0 bridgehead atoms. The Labute approximate surface area is 135 Å². The third-order valence-corrected chi connectivity index (χ3v) is 4.53. The predicted octanol–water partition coefficient (Wildman–Crippen LogP) is 2.35. The van der Waals surface area contributed by atoms with Gasteiger partial charge in [0.05, 0.1) is 17.2 Å². The van der Waals surface area contributed by atoms with Crippen LogP contribution < -0.4 is 5.73 Å². The quantitative estimate of drug-likeness (QED) is 0.552. The maximum Gasteiger partial charge on any atom is 0.559 e. The molecule has 1 rings (SSSR count). The number of hydrogen-bond donors (Lipinski definition) is 1. The highest BCUT2D eigenvalue weighted by Crippen LogP contribution is 2.38. The van der Waals surface area contributed by atoms with E-state index >= 15 is 0 Å². The zero-order valence-electron chi connectivity index (χ0n) is 14.9. The maximum atomic E-state index is 12.0. The second-order valence-electron chi connectivity index (χ2n) is 7.43. The largest absolute Gasteiger partial charge is 0.559 e. The molecule has 22 heavy (non-hydrogen) atoms. The molecule has 0 saturated carbocycles. The van der Waals surface area contributed by atoms with Gasteiger partial charge >= 0.3 is 7.25 Å². The van der Waals surface area contributed by atoms with Gasteiger partial charge in [-0.25, -0.2) is 0 Å². The van der Waals surface area contributed by atoms with Gasteiger partial charge in [-0.15, -0.1) is 6.58 Å². The lowest BCUT2D eigenvalue weighted by Gasteiger charge is -2.32. The highest BCUT2D eigenvalue weighted by atomic mass is 16.7. The molecule has 126 valence electrons. The van der Waals surface area contributed by atoms with Gasteiger partial charge in [0.25, 0.3) is 0 Å². The monoisotopic (exact) mass is 310 g/mol. The summed E-state index contributed by atoms with van der Waals surface area (Å²) in [6.07, 6.45) is 3.24. The number of carbonyl (C=O) groups excluding carboxylic acids is 1. The molecule has 1 saturated heterocycles. The molecule has 0 aromatic carbocycles. The van der Waals surface area contributed by atoms with Crippen molar-refractivity contribution in [1.29, 1.82) is 0 Å². The Hall–Kier alpha value is -0.845. The Morgan fingerprint density at radius 1 is 1.27 bits per heavy atom. The first kappa shape index (κ1) is 19.2. The van der Waals surface area contributed by atoms with E-state index in [9.17, 15) is 4.79 Å². The lowest BCUT2D eigenvalue weighted by molar-refractivity contribution is -0.122. The lowest BCUT2D eigenvalue weighted by Crippen LogP contribution is -2.54. The van der Waals surface area contributed by atoms with Crippen LogP contribution in [0.5, 0.6) is 0 Å². The number of nitrogens with two attached hydrogens (primary N) is 1. The minimum absolute atomic E-state index is 0.340. The Morgan fingerprint density at radius 3 is 2.14 bits per heavy atom. The fourth-order valence-electron chi connectivity index (χ4n) is 2.46. The van der Waals surface area contributed by atoms with Gasteiger partial charge in [0, 0.05) is 0 Å². The maximum absolute atomic E-state index is 12.0. The molecule has 0 aromatic heterocycles. The van der Waals surface area contributed by atoms with Crippen molar-refractivity contribution in [2.45, 2.75) is 71.6 Å². The van der Waals surface area contributed by atoms with Crippen molar-refractivity contribution >= 4 is 13.2 Å². The number of carbonyl (C=O) groups is 1. The van der Waals surface area contributed by atoms with E-state index in [1.165, 1.54) is 0 Å². The zero-order chi connectivity index (χ0) is 17.1. The molecule has 2 N–H and O–H groups in total.